The number of nitrogens with two attached hydrogens (primary N) is 2. The molecule has 4 rings (SSSR count). The van der Waals surface area contributed by atoms with Crippen molar-refractivity contribution in [2.24, 2.45) is 11.5 Å². The van der Waals surface area contributed by atoms with Crippen molar-refractivity contribution in [1.29, 1.82) is 0 Å². The van der Waals surface area contributed by atoms with Gasteiger partial charge < -0.3 is 25.9 Å². The summed E-state index contributed by atoms with van der Waals surface area (Å²) in [6, 6.07) is 7.83. The van der Waals surface area contributed by atoms with E-state index in [2.05, 4.69) is 19.9 Å². The van der Waals surface area contributed by atoms with E-state index in [1.54, 1.807) is 24.4 Å². The van der Waals surface area contributed by atoms with Crippen molar-refractivity contribution in [2.45, 2.75) is 25.3 Å². The minimum absolute atomic E-state index is 0.213. The number of benzene rings is 1. The normalized spacial score (nSPS) is 22.4. The van der Waals surface area contributed by atoms with E-state index in [9.17, 15) is 4.39 Å². The number of hydrogen-bond donors (Lipinski definition) is 3. The number of ether oxygens (including phenoxy) is 2. The first-order chi connectivity index (χ1) is 13.4. The Morgan fingerprint density at radius 1 is 1.18 bits per heavy atom. The molecule has 0 aliphatic carbocycles. The van der Waals surface area contributed by atoms with Gasteiger partial charge in [0.25, 0.3) is 0 Å². The lowest BCUT2D eigenvalue weighted by atomic mass is 10.1. The van der Waals surface area contributed by atoms with Gasteiger partial charge in [0.2, 0.25) is 6.29 Å². The highest BCUT2D eigenvalue weighted by Crippen LogP contribution is 2.33. The zero-order valence-corrected chi connectivity index (χ0v) is 15.4. The summed E-state index contributed by atoms with van der Waals surface area (Å²) in [6.07, 6.45) is 0.952. The first kappa shape index (κ1) is 18.6. The van der Waals surface area contributed by atoms with Crippen LogP contribution >= 0.6 is 0 Å². The maximum Gasteiger partial charge on any atom is 0.217 e. The van der Waals surface area contributed by atoms with Gasteiger partial charge in [-0.15, -0.1) is 0 Å². The van der Waals surface area contributed by atoms with E-state index in [4.69, 9.17) is 20.9 Å². The van der Waals surface area contributed by atoms with E-state index in [0.717, 1.165) is 5.56 Å². The number of imidazole rings is 1. The topological polar surface area (TPSA) is 125 Å². The second-order valence-corrected chi connectivity index (χ2v) is 7.02. The molecule has 1 aromatic carbocycles. The second-order valence-electron chi connectivity index (χ2n) is 7.02. The minimum Gasteiger partial charge on any atom is -0.344 e. The third-order valence-electron chi connectivity index (χ3n) is 4.34. The van der Waals surface area contributed by atoms with Crippen LogP contribution in [0.2, 0.25) is 0 Å². The standard InChI is InChI=1S/C19H21FN6O2/c1-19(22)9-27-18(28-10-19)17-25-15(11-2-4-12(20)5-3-11)16(26-17)13-6-7-23-14(8-21)24-13/h2-7,18H,8-10,21-22H2,1H3,(H,25,26). The smallest absolute Gasteiger partial charge is 0.217 e. The number of nitrogens with zero attached hydrogens (tertiary/aromatic N) is 3. The van der Waals surface area contributed by atoms with Crippen molar-refractivity contribution in [3.8, 4) is 22.6 Å². The van der Waals surface area contributed by atoms with Crippen molar-refractivity contribution in [3.63, 3.8) is 0 Å². The van der Waals surface area contributed by atoms with Crippen molar-refractivity contribution in [1.82, 2.24) is 19.9 Å². The van der Waals surface area contributed by atoms with Crippen molar-refractivity contribution < 1.29 is 13.9 Å². The van der Waals surface area contributed by atoms with Gasteiger partial charge in [0, 0.05) is 11.8 Å². The molecule has 5 N–H and O–H groups in total. The summed E-state index contributed by atoms with van der Waals surface area (Å²) in [7, 11) is 0. The van der Waals surface area contributed by atoms with Gasteiger partial charge in [0.05, 0.1) is 42.4 Å². The molecule has 9 heteroatoms. The summed E-state index contributed by atoms with van der Waals surface area (Å²) in [5.74, 6) is 0.662. The van der Waals surface area contributed by atoms with E-state index in [1.165, 1.54) is 12.1 Å². The lowest BCUT2D eigenvalue weighted by molar-refractivity contribution is -0.211. The number of hydrogen-bond acceptors (Lipinski definition) is 7. The molecule has 0 amide bonds. The molecular formula is C19H21FN6O2. The van der Waals surface area contributed by atoms with Gasteiger partial charge in [-0.05, 0) is 37.3 Å². The fraction of sp³-hybridized carbons (Fsp3) is 0.316. The highest BCUT2D eigenvalue weighted by atomic mass is 19.1. The first-order valence-electron chi connectivity index (χ1n) is 8.85. The lowest BCUT2D eigenvalue weighted by Gasteiger charge is -2.33. The van der Waals surface area contributed by atoms with E-state index in [1.807, 2.05) is 6.92 Å². The Labute approximate surface area is 161 Å². The molecule has 3 heterocycles. The van der Waals surface area contributed by atoms with Gasteiger partial charge in [-0.1, -0.05) is 0 Å². The molecule has 0 bridgehead atoms. The van der Waals surface area contributed by atoms with E-state index in [-0.39, 0.29) is 12.4 Å². The molecule has 8 nitrogen and oxygen atoms in total. The largest absolute Gasteiger partial charge is 0.344 e. The molecule has 146 valence electrons. The van der Waals surface area contributed by atoms with Crippen molar-refractivity contribution in [2.75, 3.05) is 13.2 Å². The van der Waals surface area contributed by atoms with Crippen LogP contribution in [-0.4, -0.2) is 38.7 Å². The highest BCUT2D eigenvalue weighted by Gasteiger charge is 2.32. The second kappa shape index (κ2) is 7.36. The van der Waals surface area contributed by atoms with Crippen LogP contribution in [0.4, 0.5) is 4.39 Å². The lowest BCUT2D eigenvalue weighted by Crippen LogP contribution is -2.50. The van der Waals surface area contributed by atoms with Crippen LogP contribution in [-0.2, 0) is 16.0 Å². The van der Waals surface area contributed by atoms with Gasteiger partial charge in [-0.2, -0.15) is 0 Å². The number of H-pyrrole nitrogens is 1. The summed E-state index contributed by atoms with van der Waals surface area (Å²) < 4.78 is 24.8. The zero-order valence-electron chi connectivity index (χ0n) is 15.4. The van der Waals surface area contributed by atoms with Crippen LogP contribution in [0.1, 0.15) is 24.9 Å². The number of halogens is 1. The SMILES string of the molecule is CC1(N)COC(c2nc(-c3ccc(F)cc3)c(-c3ccnc(CN)n3)[nH]2)OC1. The quantitative estimate of drug-likeness (QED) is 0.627. The Kier molecular flexibility index (Phi) is 4.90. The molecule has 0 radical (unpaired) electrons. The Hall–Kier alpha value is -2.72. The van der Waals surface area contributed by atoms with Gasteiger partial charge in [0.1, 0.15) is 11.6 Å². The van der Waals surface area contributed by atoms with Crippen LogP contribution in [0.15, 0.2) is 36.5 Å². The zero-order chi connectivity index (χ0) is 19.7. The van der Waals surface area contributed by atoms with Gasteiger partial charge in [-0.3, -0.25) is 0 Å². The molecule has 1 aliphatic rings. The monoisotopic (exact) mass is 384 g/mol. The van der Waals surface area contributed by atoms with Crippen LogP contribution in [0, 0.1) is 5.82 Å². The molecular weight excluding hydrogens is 363 g/mol. The molecule has 3 aromatic rings. The molecule has 0 spiro atoms. The third kappa shape index (κ3) is 3.78. The summed E-state index contributed by atoms with van der Waals surface area (Å²) >= 11 is 0. The van der Waals surface area contributed by atoms with Crippen LogP contribution in [0.5, 0.6) is 0 Å². The third-order valence-corrected chi connectivity index (χ3v) is 4.34. The Bertz CT molecular complexity index is 963. The summed E-state index contributed by atoms with van der Waals surface area (Å²) in [5.41, 5.74) is 13.7. The van der Waals surface area contributed by atoms with Gasteiger partial charge in [0.15, 0.2) is 5.82 Å². The molecule has 1 saturated heterocycles. The molecule has 2 aromatic heterocycles. The molecule has 28 heavy (non-hydrogen) atoms. The molecule has 1 fully saturated rings. The van der Waals surface area contributed by atoms with E-state index in [0.29, 0.717) is 41.9 Å². The number of rotatable bonds is 4. The fourth-order valence-electron chi connectivity index (χ4n) is 2.92. The number of nitrogens with one attached hydrogen (secondary N) is 1. The number of aromatic nitrogens is 4. The van der Waals surface area contributed by atoms with Crippen LogP contribution in [0.25, 0.3) is 22.6 Å². The Balaban J connectivity index is 1.76. The van der Waals surface area contributed by atoms with E-state index >= 15 is 0 Å². The van der Waals surface area contributed by atoms with Gasteiger partial charge >= 0.3 is 0 Å². The summed E-state index contributed by atoms with van der Waals surface area (Å²) in [6.45, 7) is 2.75. The number of aromatic amines is 1. The molecule has 0 unspecified atom stereocenters. The summed E-state index contributed by atoms with van der Waals surface area (Å²) in [5, 5.41) is 0. The Morgan fingerprint density at radius 2 is 1.89 bits per heavy atom. The van der Waals surface area contributed by atoms with Gasteiger partial charge in [-0.25, -0.2) is 19.3 Å². The molecule has 1 aliphatic heterocycles. The minimum atomic E-state index is -0.680. The predicted octanol–water partition coefficient (Wildman–Crippen LogP) is 1.89. The predicted molar refractivity (Wildman–Crippen MR) is 100 cm³/mol. The molecule has 0 atom stereocenters. The maximum absolute atomic E-state index is 13.4. The maximum atomic E-state index is 13.4. The van der Waals surface area contributed by atoms with Crippen LogP contribution < -0.4 is 11.5 Å². The van der Waals surface area contributed by atoms with Crippen LogP contribution in [0.3, 0.4) is 0 Å². The van der Waals surface area contributed by atoms with Crippen molar-refractivity contribution >= 4 is 0 Å². The summed E-state index contributed by atoms with van der Waals surface area (Å²) in [4.78, 5) is 16.5. The average molecular weight is 384 g/mol. The highest BCUT2D eigenvalue weighted by molar-refractivity contribution is 5.76. The first-order valence-corrected chi connectivity index (χ1v) is 8.85. The van der Waals surface area contributed by atoms with Crippen molar-refractivity contribution in [3.05, 3.63) is 54.0 Å². The van der Waals surface area contributed by atoms with E-state index < -0.39 is 11.8 Å². The average Bonchev–Trinajstić information content (AvgIpc) is 3.14. The Morgan fingerprint density at radius 3 is 2.57 bits per heavy atom. The fourth-order valence-corrected chi connectivity index (χ4v) is 2.92. The molecule has 0 saturated carbocycles.